The van der Waals surface area contributed by atoms with E-state index < -0.39 is 0 Å². The molecular formula is C10H12OY-2. The maximum absolute atomic E-state index is 10.3. The smallest absolute Gasteiger partial charge is 0.115 e. The molecule has 1 rings (SSSR count). The van der Waals surface area contributed by atoms with E-state index in [0.717, 1.165) is 11.8 Å². The largest absolute Gasteiger partial charge is 0.358 e. The first-order valence-corrected chi connectivity index (χ1v) is 3.26. The molecule has 1 atom stereocenters. The third kappa shape index (κ3) is 4.13. The minimum absolute atomic E-state index is 0. The molecular weight excluding hydrogens is 225 g/mol. The molecule has 1 radical (unpaired) electrons. The van der Waals surface area contributed by atoms with Crippen molar-refractivity contribution in [2.24, 2.45) is 0 Å². The Morgan fingerprint density at radius 2 is 2.25 bits per heavy atom. The van der Waals surface area contributed by atoms with E-state index in [9.17, 15) is 4.79 Å². The van der Waals surface area contributed by atoms with Crippen molar-refractivity contribution in [3.8, 4) is 0 Å². The van der Waals surface area contributed by atoms with Crippen LogP contribution in [0.2, 0.25) is 0 Å². The third-order valence-electron chi connectivity index (χ3n) is 1.46. The zero-order chi connectivity index (χ0) is 7.40. The Morgan fingerprint density at radius 3 is 2.67 bits per heavy atom. The van der Waals surface area contributed by atoms with Gasteiger partial charge in [-0.25, -0.2) is 0 Å². The number of benzene rings is 1. The standard InChI is InChI=1S/C9H9O.CH3.Y/c1-8(7-10)9-5-3-2-4-6-9;;/h2-3,5-8H,1H3;1H3;/q2*-1;. The van der Waals surface area contributed by atoms with Crippen LogP contribution in [0.4, 0.5) is 0 Å². The second-order valence-corrected chi connectivity index (χ2v) is 2.26. The number of carbonyl (C=O) groups is 1. The first-order valence-electron chi connectivity index (χ1n) is 3.26. The van der Waals surface area contributed by atoms with Crippen molar-refractivity contribution in [2.45, 2.75) is 12.8 Å². The molecule has 0 saturated carbocycles. The Hall–Kier alpha value is -0.00610. The van der Waals surface area contributed by atoms with E-state index in [1.54, 1.807) is 0 Å². The molecule has 0 N–H and O–H groups in total. The third-order valence-corrected chi connectivity index (χ3v) is 1.46. The second kappa shape index (κ2) is 7.63. The van der Waals surface area contributed by atoms with E-state index in [4.69, 9.17) is 0 Å². The van der Waals surface area contributed by atoms with Gasteiger partial charge in [-0.2, -0.15) is 30.3 Å². The fourth-order valence-corrected chi connectivity index (χ4v) is 0.769. The van der Waals surface area contributed by atoms with Crippen LogP contribution in [0.5, 0.6) is 0 Å². The van der Waals surface area contributed by atoms with E-state index in [1.165, 1.54) is 0 Å². The maximum Gasteiger partial charge on any atom is 0.115 e. The summed E-state index contributed by atoms with van der Waals surface area (Å²) in [6.45, 7) is 1.87. The van der Waals surface area contributed by atoms with Crippen molar-refractivity contribution >= 4 is 6.29 Å². The first kappa shape index (κ1) is 14.5. The molecule has 0 aliphatic heterocycles. The van der Waals surface area contributed by atoms with Gasteiger partial charge in [0.25, 0.3) is 0 Å². The monoisotopic (exact) mass is 237 g/mol. The topological polar surface area (TPSA) is 17.1 Å². The molecule has 12 heavy (non-hydrogen) atoms. The quantitative estimate of drug-likeness (QED) is 0.569. The molecule has 0 fully saturated rings. The van der Waals surface area contributed by atoms with Gasteiger partial charge < -0.3 is 12.2 Å². The second-order valence-electron chi connectivity index (χ2n) is 2.26. The Morgan fingerprint density at radius 1 is 1.58 bits per heavy atom. The average Bonchev–Trinajstić information content (AvgIpc) is 2.05. The van der Waals surface area contributed by atoms with Gasteiger partial charge in [-0.3, -0.25) is 0 Å². The number of aldehydes is 1. The van der Waals surface area contributed by atoms with Crippen LogP contribution in [0.25, 0.3) is 0 Å². The zero-order valence-electron chi connectivity index (χ0n) is 7.45. The minimum atomic E-state index is -0.00236. The Labute approximate surface area is 99.4 Å². The Balaban J connectivity index is 0. The van der Waals surface area contributed by atoms with Gasteiger partial charge in [-0.1, -0.05) is 6.92 Å². The molecule has 0 spiro atoms. The molecule has 0 saturated heterocycles. The van der Waals surface area contributed by atoms with Crippen LogP contribution in [0.15, 0.2) is 24.3 Å². The van der Waals surface area contributed by atoms with Gasteiger partial charge in [0.15, 0.2) is 0 Å². The molecule has 0 amide bonds. The Kier molecular flexibility index (Phi) is 9.23. The van der Waals surface area contributed by atoms with Crippen molar-refractivity contribution in [1.82, 2.24) is 0 Å². The predicted molar refractivity (Wildman–Crippen MR) is 46.2 cm³/mol. The van der Waals surface area contributed by atoms with Crippen molar-refractivity contribution in [1.29, 1.82) is 0 Å². The number of rotatable bonds is 2. The van der Waals surface area contributed by atoms with E-state index in [1.807, 2.05) is 31.2 Å². The summed E-state index contributed by atoms with van der Waals surface area (Å²) in [7, 11) is 0. The summed E-state index contributed by atoms with van der Waals surface area (Å²) < 4.78 is 0. The van der Waals surface area contributed by atoms with Crippen molar-refractivity contribution < 1.29 is 37.5 Å². The molecule has 0 aliphatic carbocycles. The molecule has 0 aliphatic rings. The SMILES string of the molecule is CC(C=O)c1c[c-]ccc1.[CH3-].[Y]. The fourth-order valence-electron chi connectivity index (χ4n) is 0.769. The van der Waals surface area contributed by atoms with Crippen molar-refractivity contribution in [3.63, 3.8) is 0 Å². The molecule has 0 bridgehead atoms. The molecule has 0 heterocycles. The van der Waals surface area contributed by atoms with E-state index >= 15 is 0 Å². The van der Waals surface area contributed by atoms with E-state index in [-0.39, 0.29) is 46.1 Å². The van der Waals surface area contributed by atoms with Crippen LogP contribution in [0, 0.1) is 13.5 Å². The van der Waals surface area contributed by atoms with Gasteiger partial charge >= 0.3 is 0 Å². The normalized spacial score (nSPS) is 10.4. The van der Waals surface area contributed by atoms with Gasteiger partial charge in [-0.05, 0) is 5.92 Å². The van der Waals surface area contributed by atoms with Gasteiger partial charge in [-0.15, -0.1) is 5.56 Å². The molecule has 1 unspecified atom stereocenters. The number of hydrogen-bond donors (Lipinski definition) is 0. The summed E-state index contributed by atoms with van der Waals surface area (Å²) in [5.41, 5.74) is 1.03. The molecule has 1 aromatic carbocycles. The van der Waals surface area contributed by atoms with Crippen molar-refractivity contribution in [3.05, 3.63) is 43.3 Å². The summed E-state index contributed by atoms with van der Waals surface area (Å²) >= 11 is 0. The van der Waals surface area contributed by atoms with Gasteiger partial charge in [0.2, 0.25) is 0 Å². The fraction of sp³-hybridized carbons (Fsp3) is 0.200. The van der Waals surface area contributed by atoms with Crippen LogP contribution < -0.4 is 0 Å². The summed E-state index contributed by atoms with van der Waals surface area (Å²) in [5.74, 6) is -0.00236. The van der Waals surface area contributed by atoms with Gasteiger partial charge in [0.05, 0.1) is 0 Å². The maximum atomic E-state index is 10.3. The molecule has 1 nitrogen and oxygen atoms in total. The van der Waals surface area contributed by atoms with E-state index in [0.29, 0.717) is 0 Å². The van der Waals surface area contributed by atoms with Crippen LogP contribution >= 0.6 is 0 Å². The zero-order valence-corrected chi connectivity index (χ0v) is 10.3. The van der Waals surface area contributed by atoms with Crippen LogP contribution in [-0.4, -0.2) is 6.29 Å². The first-order chi connectivity index (χ1) is 4.84. The van der Waals surface area contributed by atoms with Crippen molar-refractivity contribution in [2.75, 3.05) is 0 Å². The summed E-state index contributed by atoms with van der Waals surface area (Å²) in [6, 6.07) is 10.4. The molecule has 63 valence electrons. The van der Waals surface area contributed by atoms with Gasteiger partial charge in [0, 0.05) is 32.7 Å². The van der Waals surface area contributed by atoms with Crippen LogP contribution in [-0.2, 0) is 37.5 Å². The average molecular weight is 237 g/mol. The summed E-state index contributed by atoms with van der Waals surface area (Å²) in [6.07, 6.45) is 0.934. The number of carbonyl (C=O) groups excluding carboxylic acids is 1. The summed E-state index contributed by atoms with van der Waals surface area (Å²) in [4.78, 5) is 10.3. The van der Waals surface area contributed by atoms with Crippen LogP contribution in [0.1, 0.15) is 18.4 Å². The predicted octanol–water partition coefficient (Wildman–Crippen LogP) is 2.24. The Bertz CT molecular complexity index is 208. The summed E-state index contributed by atoms with van der Waals surface area (Å²) in [5, 5.41) is 0. The minimum Gasteiger partial charge on any atom is -0.358 e. The van der Waals surface area contributed by atoms with Gasteiger partial charge in [0.1, 0.15) is 6.29 Å². The van der Waals surface area contributed by atoms with Crippen LogP contribution in [0.3, 0.4) is 0 Å². The molecule has 0 aromatic heterocycles. The van der Waals surface area contributed by atoms with E-state index in [2.05, 4.69) is 6.07 Å². The molecule has 2 heteroatoms. The number of hydrogen-bond acceptors (Lipinski definition) is 1. The molecule has 1 aromatic rings.